The molecule has 2 aromatic carbocycles. The lowest BCUT2D eigenvalue weighted by Crippen LogP contribution is -2.25. The molecule has 0 bridgehead atoms. The number of unbranched alkanes of at least 4 members (excludes halogenated alkanes) is 1. The highest BCUT2D eigenvalue weighted by atomic mass is 19.1. The summed E-state index contributed by atoms with van der Waals surface area (Å²) >= 11 is 0. The number of halogens is 1. The monoisotopic (exact) mass is 448 g/mol. The Labute approximate surface area is 200 Å². The van der Waals surface area contributed by atoms with Gasteiger partial charge in [0.2, 0.25) is 0 Å². The summed E-state index contributed by atoms with van der Waals surface area (Å²) in [7, 11) is 0. The van der Waals surface area contributed by atoms with Gasteiger partial charge >= 0.3 is 0 Å². The number of benzene rings is 2. The second-order valence-electron chi connectivity index (χ2n) is 10.2. The first-order chi connectivity index (χ1) is 16.2. The van der Waals surface area contributed by atoms with Crippen LogP contribution in [0, 0.1) is 23.6 Å². The van der Waals surface area contributed by atoms with Gasteiger partial charge in [0.15, 0.2) is 0 Å². The second kappa shape index (κ2) is 11.9. The highest BCUT2D eigenvalue weighted by Crippen LogP contribution is 2.45. The fourth-order valence-corrected chi connectivity index (χ4v) is 6.10. The molecule has 2 aromatic rings. The number of rotatable bonds is 8. The van der Waals surface area contributed by atoms with Gasteiger partial charge in [-0.05, 0) is 118 Å². The number of hydrogen-bond acceptors (Lipinski definition) is 1. The zero-order valence-corrected chi connectivity index (χ0v) is 20.6. The molecule has 2 saturated carbocycles. The average molecular weight is 449 g/mol. The van der Waals surface area contributed by atoms with Gasteiger partial charge in [-0.25, -0.2) is 4.39 Å². The van der Waals surface area contributed by atoms with Crippen LogP contribution >= 0.6 is 0 Å². The first kappa shape index (κ1) is 24.0. The van der Waals surface area contributed by atoms with Crippen molar-refractivity contribution < 1.29 is 9.13 Å². The van der Waals surface area contributed by atoms with Gasteiger partial charge in [-0.15, -0.1) is 0 Å². The summed E-state index contributed by atoms with van der Waals surface area (Å²) in [5.41, 5.74) is 0.924. The maximum Gasteiger partial charge on any atom is 0.134 e. The van der Waals surface area contributed by atoms with Crippen LogP contribution in [0.25, 0.3) is 10.8 Å². The van der Waals surface area contributed by atoms with Gasteiger partial charge < -0.3 is 4.74 Å². The second-order valence-corrected chi connectivity index (χ2v) is 10.2. The van der Waals surface area contributed by atoms with Crippen molar-refractivity contribution in [2.24, 2.45) is 17.8 Å². The zero-order chi connectivity index (χ0) is 23.0. The standard InChI is InChI=1S/C31H41FO/c1-3-5-7-8-23-9-11-24(12-10-23)25-13-15-26(16-14-25)29-19-17-27-22-28(33-21-6-4-2)18-20-30(27)31(29)32/h4,6-8,17-20,22-26H,3,5,9-16,21H2,1-2H3/b6-4?,8-7+. The van der Waals surface area contributed by atoms with Crippen molar-refractivity contribution in [1.82, 2.24) is 0 Å². The van der Waals surface area contributed by atoms with E-state index >= 15 is 4.39 Å². The minimum atomic E-state index is -0.0182. The first-order valence-electron chi connectivity index (χ1n) is 13.3. The van der Waals surface area contributed by atoms with Gasteiger partial charge in [-0.3, -0.25) is 0 Å². The molecule has 2 aliphatic rings. The zero-order valence-electron chi connectivity index (χ0n) is 20.6. The van der Waals surface area contributed by atoms with E-state index in [9.17, 15) is 0 Å². The van der Waals surface area contributed by atoms with E-state index in [-0.39, 0.29) is 5.82 Å². The van der Waals surface area contributed by atoms with Crippen LogP contribution in [0.4, 0.5) is 4.39 Å². The third-order valence-electron chi connectivity index (χ3n) is 8.10. The van der Waals surface area contributed by atoms with E-state index < -0.39 is 0 Å². The Morgan fingerprint density at radius 2 is 1.64 bits per heavy atom. The van der Waals surface area contributed by atoms with Gasteiger partial charge in [-0.2, -0.15) is 0 Å². The third-order valence-corrected chi connectivity index (χ3v) is 8.10. The van der Waals surface area contributed by atoms with Crippen molar-refractivity contribution in [3.8, 4) is 5.75 Å². The molecule has 0 aromatic heterocycles. The highest BCUT2D eigenvalue weighted by Gasteiger charge is 2.31. The molecule has 0 spiro atoms. The fraction of sp³-hybridized carbons (Fsp3) is 0.548. The number of allylic oxidation sites excluding steroid dienone is 3. The van der Waals surface area contributed by atoms with Gasteiger partial charge in [0.05, 0.1) is 0 Å². The van der Waals surface area contributed by atoms with E-state index in [4.69, 9.17) is 4.74 Å². The molecule has 0 saturated heterocycles. The smallest absolute Gasteiger partial charge is 0.134 e. The van der Waals surface area contributed by atoms with E-state index in [0.29, 0.717) is 12.5 Å². The molecule has 0 amide bonds. The summed E-state index contributed by atoms with van der Waals surface area (Å²) in [6.07, 6.45) is 21.6. The predicted octanol–water partition coefficient (Wildman–Crippen LogP) is 9.37. The Balaban J connectivity index is 1.33. The van der Waals surface area contributed by atoms with Crippen LogP contribution in [0.5, 0.6) is 5.75 Å². The van der Waals surface area contributed by atoms with Crippen molar-refractivity contribution in [1.29, 1.82) is 0 Å². The summed E-state index contributed by atoms with van der Waals surface area (Å²) in [4.78, 5) is 0. The van der Waals surface area contributed by atoms with Gasteiger partial charge in [0.1, 0.15) is 18.2 Å². The normalized spacial score (nSPS) is 26.4. The van der Waals surface area contributed by atoms with Crippen molar-refractivity contribution in [3.63, 3.8) is 0 Å². The van der Waals surface area contributed by atoms with Crippen molar-refractivity contribution >= 4 is 10.8 Å². The largest absolute Gasteiger partial charge is 0.490 e. The molecule has 1 nitrogen and oxygen atoms in total. The van der Waals surface area contributed by atoms with Gasteiger partial charge in [0, 0.05) is 5.39 Å². The first-order valence-corrected chi connectivity index (χ1v) is 13.3. The van der Waals surface area contributed by atoms with E-state index in [1.165, 1.54) is 51.4 Å². The molecule has 0 unspecified atom stereocenters. The maximum atomic E-state index is 15.5. The Kier molecular flexibility index (Phi) is 8.64. The minimum absolute atomic E-state index is 0.0182. The number of ether oxygens (including phenoxy) is 1. The summed E-state index contributed by atoms with van der Waals surface area (Å²) in [6.45, 7) is 4.77. The van der Waals surface area contributed by atoms with Crippen LogP contribution in [0.15, 0.2) is 54.6 Å². The Bertz CT molecular complexity index is 943. The van der Waals surface area contributed by atoms with Crippen LogP contribution in [-0.4, -0.2) is 6.61 Å². The maximum absolute atomic E-state index is 15.5. The summed E-state index contributed by atoms with van der Waals surface area (Å²) < 4.78 is 21.2. The molecule has 0 heterocycles. The highest BCUT2D eigenvalue weighted by molar-refractivity contribution is 5.85. The molecule has 0 radical (unpaired) electrons. The summed E-state index contributed by atoms with van der Waals surface area (Å²) in [5, 5.41) is 1.65. The molecule has 2 aliphatic carbocycles. The molecule has 2 fully saturated rings. The lowest BCUT2D eigenvalue weighted by molar-refractivity contribution is 0.171. The molecule has 178 valence electrons. The van der Waals surface area contributed by atoms with Crippen molar-refractivity contribution in [3.05, 3.63) is 66.0 Å². The SMILES string of the molecule is CC=CCOc1ccc2c(F)c(C3CCC(C4CCC(/C=C/CCC)CC4)CC3)ccc2c1. The average Bonchev–Trinajstić information content (AvgIpc) is 2.85. The van der Waals surface area contributed by atoms with Crippen LogP contribution in [0.2, 0.25) is 0 Å². The number of fused-ring (bicyclic) bond motifs is 1. The lowest BCUT2D eigenvalue weighted by atomic mass is 9.68. The van der Waals surface area contributed by atoms with Crippen LogP contribution < -0.4 is 4.74 Å². The topological polar surface area (TPSA) is 9.23 Å². The summed E-state index contributed by atoms with van der Waals surface area (Å²) in [6, 6.07) is 9.85. The Morgan fingerprint density at radius 1 is 0.909 bits per heavy atom. The predicted molar refractivity (Wildman–Crippen MR) is 138 cm³/mol. The van der Waals surface area contributed by atoms with Crippen molar-refractivity contribution in [2.45, 2.75) is 84.0 Å². The van der Waals surface area contributed by atoms with E-state index in [1.54, 1.807) is 0 Å². The van der Waals surface area contributed by atoms with Crippen molar-refractivity contribution in [2.75, 3.05) is 6.61 Å². The molecule has 2 heteroatoms. The van der Waals surface area contributed by atoms with E-state index in [2.05, 4.69) is 25.1 Å². The molecule has 0 N–H and O–H groups in total. The van der Waals surface area contributed by atoms with Gasteiger partial charge in [0.25, 0.3) is 0 Å². The van der Waals surface area contributed by atoms with E-state index in [0.717, 1.165) is 52.7 Å². The van der Waals surface area contributed by atoms with E-state index in [1.807, 2.05) is 43.3 Å². The molecule has 0 aliphatic heterocycles. The Hall–Kier alpha value is -2.09. The molecular weight excluding hydrogens is 407 g/mol. The quantitative estimate of drug-likeness (QED) is 0.365. The molecule has 0 atom stereocenters. The van der Waals surface area contributed by atoms with Crippen LogP contribution in [-0.2, 0) is 0 Å². The number of hydrogen-bond donors (Lipinski definition) is 0. The van der Waals surface area contributed by atoms with Gasteiger partial charge in [-0.1, -0.05) is 49.8 Å². The van der Waals surface area contributed by atoms with Crippen LogP contribution in [0.1, 0.15) is 89.5 Å². The molecular formula is C31H41FO. The molecule has 4 rings (SSSR count). The minimum Gasteiger partial charge on any atom is -0.490 e. The fourth-order valence-electron chi connectivity index (χ4n) is 6.10. The third kappa shape index (κ3) is 6.08. The Morgan fingerprint density at radius 3 is 2.33 bits per heavy atom. The summed E-state index contributed by atoms with van der Waals surface area (Å²) in [5.74, 6) is 3.69. The lowest BCUT2D eigenvalue weighted by Gasteiger charge is -2.37. The molecule has 33 heavy (non-hydrogen) atoms. The van der Waals surface area contributed by atoms with Crippen LogP contribution in [0.3, 0.4) is 0 Å².